The third-order valence-electron chi connectivity index (χ3n) is 5.31. The second-order valence-electron chi connectivity index (χ2n) is 7.28. The van der Waals surface area contributed by atoms with Gasteiger partial charge in [-0.05, 0) is 31.0 Å². The first-order valence-electron chi connectivity index (χ1n) is 9.94. The number of benzene rings is 2. The SMILES string of the molecule is CCCCCCCCn1c2nc3ccccc3nc2c2cccc(C)c21. The molecule has 0 N–H and O–H groups in total. The van der Waals surface area contributed by atoms with Gasteiger partial charge in [0.05, 0.1) is 16.6 Å². The predicted molar refractivity (Wildman–Crippen MR) is 111 cm³/mol. The molecule has 2 aromatic heterocycles. The zero-order valence-corrected chi connectivity index (χ0v) is 15.8. The number of rotatable bonds is 7. The fourth-order valence-electron chi connectivity index (χ4n) is 3.94. The maximum absolute atomic E-state index is 4.98. The molecule has 0 aliphatic heterocycles. The standard InChI is InChI=1S/C23H27N3/c1-3-4-5-6-7-10-16-26-22-17(2)12-11-13-18(22)21-23(26)25-20-15-9-8-14-19(20)24-21/h8-9,11-15H,3-7,10,16H2,1-2H3. The van der Waals surface area contributed by atoms with Crippen molar-refractivity contribution in [2.45, 2.75) is 58.9 Å². The zero-order chi connectivity index (χ0) is 17.9. The van der Waals surface area contributed by atoms with Crippen LogP contribution in [0.15, 0.2) is 42.5 Å². The zero-order valence-electron chi connectivity index (χ0n) is 15.8. The molecule has 0 atom stereocenters. The van der Waals surface area contributed by atoms with Gasteiger partial charge in [-0.3, -0.25) is 0 Å². The molecule has 0 bridgehead atoms. The lowest BCUT2D eigenvalue weighted by Crippen LogP contribution is -2.01. The summed E-state index contributed by atoms with van der Waals surface area (Å²) >= 11 is 0. The lowest BCUT2D eigenvalue weighted by molar-refractivity contribution is 0.569. The van der Waals surface area contributed by atoms with E-state index in [4.69, 9.17) is 9.97 Å². The predicted octanol–water partition coefficient (Wildman–Crippen LogP) is 6.41. The molecule has 0 amide bonds. The highest BCUT2D eigenvalue weighted by Crippen LogP contribution is 2.30. The number of para-hydroxylation sites is 3. The molecule has 0 aliphatic carbocycles. The normalized spacial score (nSPS) is 11.8. The van der Waals surface area contributed by atoms with Crippen LogP contribution in [0, 0.1) is 6.92 Å². The fourth-order valence-corrected chi connectivity index (χ4v) is 3.94. The molecule has 26 heavy (non-hydrogen) atoms. The van der Waals surface area contributed by atoms with Crippen LogP contribution in [0.5, 0.6) is 0 Å². The summed E-state index contributed by atoms with van der Waals surface area (Å²) in [5.41, 5.74) is 6.61. The molecule has 3 nitrogen and oxygen atoms in total. The lowest BCUT2D eigenvalue weighted by atomic mass is 10.1. The van der Waals surface area contributed by atoms with E-state index >= 15 is 0 Å². The molecule has 0 aliphatic rings. The van der Waals surface area contributed by atoms with E-state index in [1.54, 1.807) is 0 Å². The average Bonchev–Trinajstić information content (AvgIpc) is 2.97. The van der Waals surface area contributed by atoms with E-state index in [1.165, 1.54) is 55.0 Å². The van der Waals surface area contributed by atoms with Crippen molar-refractivity contribution in [1.82, 2.24) is 14.5 Å². The molecular formula is C23H27N3. The molecule has 2 aromatic carbocycles. The van der Waals surface area contributed by atoms with Crippen molar-refractivity contribution in [3.8, 4) is 0 Å². The smallest absolute Gasteiger partial charge is 0.160 e. The first kappa shape index (κ1) is 17.0. The van der Waals surface area contributed by atoms with Crippen molar-refractivity contribution >= 4 is 33.1 Å². The maximum atomic E-state index is 4.98. The third kappa shape index (κ3) is 3.07. The van der Waals surface area contributed by atoms with Crippen LogP contribution < -0.4 is 0 Å². The number of unbranched alkanes of at least 4 members (excludes halogenated alkanes) is 5. The Labute approximate surface area is 155 Å². The van der Waals surface area contributed by atoms with Gasteiger partial charge in [0.1, 0.15) is 5.52 Å². The summed E-state index contributed by atoms with van der Waals surface area (Å²) in [4.78, 5) is 9.94. The molecule has 0 fully saturated rings. The highest BCUT2D eigenvalue weighted by Gasteiger charge is 2.15. The average molecular weight is 345 g/mol. The van der Waals surface area contributed by atoms with Crippen LogP contribution in [0.1, 0.15) is 51.0 Å². The Balaban J connectivity index is 1.76. The van der Waals surface area contributed by atoms with Crippen LogP contribution in [-0.4, -0.2) is 14.5 Å². The minimum absolute atomic E-state index is 0.972. The van der Waals surface area contributed by atoms with Crippen molar-refractivity contribution in [3.63, 3.8) is 0 Å². The van der Waals surface area contributed by atoms with Gasteiger partial charge in [0.2, 0.25) is 0 Å². The Morgan fingerprint density at radius 2 is 1.54 bits per heavy atom. The minimum atomic E-state index is 0.972. The molecule has 0 saturated heterocycles. The van der Waals surface area contributed by atoms with E-state index in [1.807, 2.05) is 12.1 Å². The molecule has 3 heteroatoms. The highest BCUT2D eigenvalue weighted by molar-refractivity contribution is 6.07. The van der Waals surface area contributed by atoms with Crippen molar-refractivity contribution in [2.24, 2.45) is 0 Å². The number of fused-ring (bicyclic) bond motifs is 4. The second kappa shape index (κ2) is 7.45. The van der Waals surface area contributed by atoms with Gasteiger partial charge in [0, 0.05) is 11.9 Å². The van der Waals surface area contributed by atoms with Gasteiger partial charge in [-0.15, -0.1) is 0 Å². The second-order valence-corrected chi connectivity index (χ2v) is 7.28. The van der Waals surface area contributed by atoms with E-state index < -0.39 is 0 Å². The summed E-state index contributed by atoms with van der Waals surface area (Å²) in [6.07, 6.45) is 7.83. The highest BCUT2D eigenvalue weighted by atomic mass is 15.1. The van der Waals surface area contributed by atoms with Gasteiger partial charge >= 0.3 is 0 Å². The minimum Gasteiger partial charge on any atom is -0.324 e. The first-order chi connectivity index (χ1) is 12.8. The van der Waals surface area contributed by atoms with Gasteiger partial charge in [0.15, 0.2) is 5.65 Å². The maximum Gasteiger partial charge on any atom is 0.160 e. The molecule has 4 rings (SSSR count). The van der Waals surface area contributed by atoms with E-state index in [0.29, 0.717) is 0 Å². The number of nitrogens with zero attached hydrogens (tertiary/aromatic N) is 3. The molecule has 0 spiro atoms. The topological polar surface area (TPSA) is 30.7 Å². The van der Waals surface area contributed by atoms with Gasteiger partial charge in [-0.2, -0.15) is 0 Å². The Kier molecular flexibility index (Phi) is 4.87. The van der Waals surface area contributed by atoms with Crippen molar-refractivity contribution in [1.29, 1.82) is 0 Å². The van der Waals surface area contributed by atoms with Crippen molar-refractivity contribution < 1.29 is 0 Å². The molecule has 2 heterocycles. The Morgan fingerprint density at radius 3 is 2.35 bits per heavy atom. The fraction of sp³-hybridized carbons (Fsp3) is 0.391. The lowest BCUT2D eigenvalue weighted by Gasteiger charge is -2.08. The number of aryl methyl sites for hydroxylation is 2. The van der Waals surface area contributed by atoms with E-state index in [2.05, 4.69) is 48.7 Å². The molecule has 4 aromatic rings. The van der Waals surface area contributed by atoms with Crippen LogP contribution in [0.3, 0.4) is 0 Å². The van der Waals surface area contributed by atoms with Crippen LogP contribution >= 0.6 is 0 Å². The number of aromatic nitrogens is 3. The van der Waals surface area contributed by atoms with Gasteiger partial charge in [-0.25, -0.2) is 9.97 Å². The van der Waals surface area contributed by atoms with Crippen molar-refractivity contribution in [3.05, 3.63) is 48.0 Å². The summed E-state index contributed by atoms with van der Waals surface area (Å²) in [5, 5.41) is 1.23. The number of hydrogen-bond acceptors (Lipinski definition) is 2. The van der Waals surface area contributed by atoms with Crippen LogP contribution in [0.25, 0.3) is 33.1 Å². The van der Waals surface area contributed by atoms with Crippen LogP contribution in [-0.2, 0) is 6.54 Å². The summed E-state index contributed by atoms with van der Waals surface area (Å²) in [6.45, 7) is 5.48. The summed E-state index contributed by atoms with van der Waals surface area (Å²) in [6, 6.07) is 14.7. The van der Waals surface area contributed by atoms with E-state index in [0.717, 1.165) is 28.7 Å². The van der Waals surface area contributed by atoms with Crippen LogP contribution in [0.4, 0.5) is 0 Å². The van der Waals surface area contributed by atoms with Gasteiger partial charge in [-0.1, -0.05) is 69.4 Å². The quantitative estimate of drug-likeness (QED) is 0.362. The van der Waals surface area contributed by atoms with Gasteiger partial charge < -0.3 is 4.57 Å². The molecule has 0 saturated carbocycles. The molecule has 0 unspecified atom stereocenters. The molecule has 0 radical (unpaired) electrons. The number of hydrogen-bond donors (Lipinski definition) is 0. The van der Waals surface area contributed by atoms with Crippen molar-refractivity contribution in [2.75, 3.05) is 0 Å². The Hall–Kier alpha value is -2.42. The Morgan fingerprint density at radius 1 is 0.808 bits per heavy atom. The third-order valence-corrected chi connectivity index (χ3v) is 5.31. The van der Waals surface area contributed by atoms with E-state index in [9.17, 15) is 0 Å². The largest absolute Gasteiger partial charge is 0.324 e. The molecule has 134 valence electrons. The monoisotopic (exact) mass is 345 g/mol. The Bertz CT molecular complexity index is 1050. The molecular weight excluding hydrogens is 318 g/mol. The van der Waals surface area contributed by atoms with E-state index in [-0.39, 0.29) is 0 Å². The first-order valence-corrected chi connectivity index (χ1v) is 9.94. The van der Waals surface area contributed by atoms with Gasteiger partial charge in [0.25, 0.3) is 0 Å². The van der Waals surface area contributed by atoms with Crippen LogP contribution in [0.2, 0.25) is 0 Å². The summed E-state index contributed by atoms with van der Waals surface area (Å²) in [7, 11) is 0. The summed E-state index contributed by atoms with van der Waals surface area (Å²) in [5.74, 6) is 0. The summed E-state index contributed by atoms with van der Waals surface area (Å²) < 4.78 is 2.40.